The van der Waals surface area contributed by atoms with E-state index in [0.29, 0.717) is 22.4 Å². The van der Waals surface area contributed by atoms with Gasteiger partial charge in [0.25, 0.3) is 5.69 Å². The second-order valence-electron chi connectivity index (χ2n) is 5.99. The number of methoxy groups -OCH3 is 2. The molecule has 1 amide bonds. The molecule has 1 N–H and O–H groups in total. The Hall–Kier alpha value is -4.59. The average molecular weight is 424 g/mol. The van der Waals surface area contributed by atoms with E-state index >= 15 is 0 Å². The van der Waals surface area contributed by atoms with Gasteiger partial charge in [-0.15, -0.1) is 0 Å². The number of amides is 1. The molecule has 0 radical (unpaired) electrons. The van der Waals surface area contributed by atoms with E-state index < -0.39 is 10.8 Å². The Balaban J connectivity index is 1.76. The second-order valence-corrected chi connectivity index (χ2v) is 5.99. The highest BCUT2D eigenvalue weighted by molar-refractivity contribution is 5.98. The Bertz CT molecular complexity index is 1210. The van der Waals surface area contributed by atoms with Gasteiger partial charge in [0.05, 0.1) is 31.4 Å². The molecule has 11 heteroatoms. The first-order valence-corrected chi connectivity index (χ1v) is 8.74. The fourth-order valence-corrected chi connectivity index (χ4v) is 2.69. The van der Waals surface area contributed by atoms with E-state index in [0.717, 1.165) is 0 Å². The number of carbonyl (C=O) groups excluding carboxylic acids is 1. The van der Waals surface area contributed by atoms with Gasteiger partial charge in [0, 0.05) is 11.5 Å². The number of non-ortho nitro benzene ring substituents is 1. The number of hydrogen-bond donors (Lipinski definition) is 1. The SMILES string of the molecule is COc1cc(C=NNC(=O)c2cc3cc([N+](=O)[O-])cc(OC)c3o2)ccc1OCC#N. The molecular weight excluding hydrogens is 408 g/mol. The van der Waals surface area contributed by atoms with E-state index in [9.17, 15) is 14.9 Å². The van der Waals surface area contributed by atoms with E-state index in [4.69, 9.17) is 23.9 Å². The Labute approximate surface area is 175 Å². The molecule has 0 saturated carbocycles. The van der Waals surface area contributed by atoms with Crippen LogP contribution in [0.1, 0.15) is 16.1 Å². The molecule has 31 heavy (non-hydrogen) atoms. The van der Waals surface area contributed by atoms with Gasteiger partial charge >= 0.3 is 5.91 Å². The zero-order chi connectivity index (χ0) is 22.4. The molecule has 0 unspecified atom stereocenters. The van der Waals surface area contributed by atoms with Crippen molar-refractivity contribution in [1.29, 1.82) is 5.26 Å². The molecule has 3 aromatic rings. The fourth-order valence-electron chi connectivity index (χ4n) is 2.69. The van der Waals surface area contributed by atoms with Crippen LogP contribution in [0.3, 0.4) is 0 Å². The third kappa shape index (κ3) is 4.70. The first-order valence-electron chi connectivity index (χ1n) is 8.74. The maximum Gasteiger partial charge on any atom is 0.307 e. The lowest BCUT2D eigenvalue weighted by atomic mass is 10.2. The number of nitrogens with one attached hydrogen (secondary N) is 1. The van der Waals surface area contributed by atoms with Gasteiger partial charge in [0.2, 0.25) is 0 Å². The summed E-state index contributed by atoms with van der Waals surface area (Å²) >= 11 is 0. The van der Waals surface area contributed by atoms with Crippen molar-refractivity contribution in [2.75, 3.05) is 20.8 Å². The van der Waals surface area contributed by atoms with Crippen molar-refractivity contribution in [3.63, 3.8) is 0 Å². The molecule has 0 aliphatic carbocycles. The normalized spacial score (nSPS) is 10.6. The van der Waals surface area contributed by atoms with Gasteiger partial charge in [-0.05, 0) is 29.8 Å². The molecule has 0 atom stereocenters. The summed E-state index contributed by atoms with van der Waals surface area (Å²) in [7, 11) is 2.80. The number of rotatable bonds is 8. The zero-order valence-corrected chi connectivity index (χ0v) is 16.4. The summed E-state index contributed by atoms with van der Waals surface area (Å²) in [4.78, 5) is 22.8. The standard InChI is InChI=1S/C20H16N4O7/c1-28-16-7-12(3-4-15(16)30-6-5-21)11-22-23-20(25)18-9-13-8-14(24(26)27)10-17(29-2)19(13)31-18/h3-4,7-11H,6H2,1-2H3,(H,23,25). The first kappa shape index (κ1) is 21.1. The minimum atomic E-state index is -0.655. The van der Waals surface area contributed by atoms with Crippen LogP contribution < -0.4 is 19.6 Å². The summed E-state index contributed by atoms with van der Waals surface area (Å²) in [5.74, 6) is 0.187. The van der Waals surface area contributed by atoms with E-state index in [-0.39, 0.29) is 29.4 Å². The van der Waals surface area contributed by atoms with Gasteiger partial charge in [0.15, 0.2) is 35.2 Å². The molecule has 1 heterocycles. The summed E-state index contributed by atoms with van der Waals surface area (Å²) in [5.41, 5.74) is 2.94. The molecule has 0 saturated heterocycles. The van der Waals surface area contributed by atoms with Crippen LogP contribution in [0.2, 0.25) is 0 Å². The lowest BCUT2D eigenvalue weighted by Crippen LogP contribution is -2.16. The highest BCUT2D eigenvalue weighted by Crippen LogP contribution is 2.33. The minimum absolute atomic E-state index is 0.0937. The summed E-state index contributed by atoms with van der Waals surface area (Å²) < 4.78 is 21.0. The fraction of sp³-hybridized carbons (Fsp3) is 0.150. The van der Waals surface area contributed by atoms with Gasteiger partial charge < -0.3 is 18.6 Å². The van der Waals surface area contributed by atoms with E-state index in [1.54, 1.807) is 18.2 Å². The molecule has 2 aromatic carbocycles. The van der Waals surface area contributed by atoms with Crippen LogP contribution in [-0.2, 0) is 0 Å². The first-order chi connectivity index (χ1) is 15.0. The third-order valence-electron chi connectivity index (χ3n) is 4.08. The predicted octanol–water partition coefficient (Wildman–Crippen LogP) is 3.02. The number of hydrazone groups is 1. The van der Waals surface area contributed by atoms with Gasteiger partial charge in [-0.1, -0.05) is 0 Å². The van der Waals surface area contributed by atoms with Crippen LogP contribution in [0, 0.1) is 21.4 Å². The molecule has 0 aliphatic heterocycles. The Kier molecular flexibility index (Phi) is 6.32. The number of hydrogen-bond acceptors (Lipinski definition) is 9. The quantitative estimate of drug-likeness (QED) is 0.329. The lowest BCUT2D eigenvalue weighted by Gasteiger charge is -2.08. The van der Waals surface area contributed by atoms with Crippen LogP contribution in [0.15, 0.2) is 45.9 Å². The van der Waals surface area contributed by atoms with Crippen LogP contribution in [-0.4, -0.2) is 37.9 Å². The molecule has 11 nitrogen and oxygen atoms in total. The lowest BCUT2D eigenvalue weighted by molar-refractivity contribution is -0.384. The number of benzene rings is 2. The van der Waals surface area contributed by atoms with Crippen molar-refractivity contribution >= 4 is 28.8 Å². The number of fused-ring (bicyclic) bond motifs is 1. The number of furan rings is 1. The van der Waals surface area contributed by atoms with Crippen molar-refractivity contribution in [2.45, 2.75) is 0 Å². The highest BCUT2D eigenvalue weighted by atomic mass is 16.6. The predicted molar refractivity (Wildman–Crippen MR) is 109 cm³/mol. The molecule has 0 fully saturated rings. The van der Waals surface area contributed by atoms with Crippen LogP contribution >= 0.6 is 0 Å². The van der Waals surface area contributed by atoms with Gasteiger partial charge in [0.1, 0.15) is 6.07 Å². The Morgan fingerprint density at radius 3 is 2.68 bits per heavy atom. The van der Waals surface area contributed by atoms with Crippen molar-refractivity contribution in [3.05, 3.63) is 57.8 Å². The van der Waals surface area contributed by atoms with Crippen LogP contribution in [0.4, 0.5) is 5.69 Å². The van der Waals surface area contributed by atoms with E-state index in [1.807, 2.05) is 6.07 Å². The number of ether oxygens (including phenoxy) is 3. The van der Waals surface area contributed by atoms with E-state index in [2.05, 4.69) is 10.5 Å². The van der Waals surface area contributed by atoms with Crippen LogP contribution in [0.25, 0.3) is 11.0 Å². The zero-order valence-electron chi connectivity index (χ0n) is 16.4. The molecular formula is C20H16N4O7. The van der Waals surface area contributed by atoms with Crippen molar-refractivity contribution in [1.82, 2.24) is 5.43 Å². The number of carbonyl (C=O) groups is 1. The summed E-state index contributed by atoms with van der Waals surface area (Å²) in [6, 6.07) is 10.6. The molecule has 0 spiro atoms. The smallest absolute Gasteiger partial charge is 0.307 e. The molecule has 0 aliphatic rings. The number of nitriles is 1. The number of nitrogens with zero attached hydrogens (tertiary/aromatic N) is 3. The third-order valence-corrected chi connectivity index (χ3v) is 4.08. The summed E-state index contributed by atoms with van der Waals surface area (Å²) in [6.07, 6.45) is 1.38. The monoisotopic (exact) mass is 424 g/mol. The highest BCUT2D eigenvalue weighted by Gasteiger charge is 2.19. The van der Waals surface area contributed by atoms with Crippen LogP contribution in [0.5, 0.6) is 17.2 Å². The summed E-state index contributed by atoms with van der Waals surface area (Å²) in [6.45, 7) is -0.120. The number of nitro groups is 1. The molecule has 1 aromatic heterocycles. The topological polar surface area (TPSA) is 149 Å². The van der Waals surface area contributed by atoms with Crippen molar-refractivity contribution < 1.29 is 28.3 Å². The minimum Gasteiger partial charge on any atom is -0.493 e. The van der Waals surface area contributed by atoms with Gasteiger partial charge in [-0.2, -0.15) is 10.4 Å². The second kappa shape index (κ2) is 9.27. The molecule has 3 rings (SSSR count). The average Bonchev–Trinajstić information content (AvgIpc) is 3.21. The van der Waals surface area contributed by atoms with Crippen molar-refractivity contribution in [3.8, 4) is 23.3 Å². The number of nitro benzene ring substituents is 1. The van der Waals surface area contributed by atoms with E-state index in [1.165, 1.54) is 38.6 Å². The Morgan fingerprint density at radius 1 is 1.23 bits per heavy atom. The Morgan fingerprint density at radius 2 is 2.00 bits per heavy atom. The maximum absolute atomic E-state index is 12.3. The summed E-state index contributed by atoms with van der Waals surface area (Å²) in [5, 5.41) is 23.9. The molecule has 0 bridgehead atoms. The van der Waals surface area contributed by atoms with Crippen molar-refractivity contribution in [2.24, 2.45) is 5.10 Å². The van der Waals surface area contributed by atoms with Gasteiger partial charge in [-0.3, -0.25) is 14.9 Å². The largest absolute Gasteiger partial charge is 0.493 e. The van der Waals surface area contributed by atoms with Gasteiger partial charge in [-0.25, -0.2) is 5.43 Å². The molecule has 158 valence electrons. The maximum atomic E-state index is 12.3.